The van der Waals surface area contributed by atoms with Crippen LogP contribution in [0.25, 0.3) is 0 Å². The van der Waals surface area contributed by atoms with E-state index < -0.39 is 13.9 Å². The smallest absolute Gasteiger partial charge is 0.457 e. The fourth-order valence-corrected chi connectivity index (χ4v) is 7.29. The second kappa shape index (κ2) is 40.7. The third-order valence-electron chi connectivity index (χ3n) is 9.77. The van der Waals surface area contributed by atoms with Gasteiger partial charge in [0.05, 0.1) is 19.8 Å². The lowest BCUT2D eigenvalue weighted by atomic mass is 10.0. The predicted molar refractivity (Wildman–Crippen MR) is 215 cm³/mol. The summed E-state index contributed by atoms with van der Waals surface area (Å²) in [7, 11) is -4.26. The van der Waals surface area contributed by atoms with Crippen LogP contribution in [-0.2, 0) is 27.9 Å². The Kier molecular flexibility index (Phi) is 40.3. The molecule has 0 radical (unpaired) electrons. The minimum Gasteiger partial charge on any atom is -0.457 e. The van der Waals surface area contributed by atoms with Crippen molar-refractivity contribution >= 4 is 13.8 Å². The van der Waals surface area contributed by atoms with E-state index in [4.69, 9.17) is 24.3 Å². The molecule has 0 aliphatic carbocycles. The fraction of sp³-hybridized carbons (Fsp3) is 0.976. The average molecular weight is 748 g/mol. The third-order valence-corrected chi connectivity index (χ3v) is 10.8. The van der Waals surface area contributed by atoms with Crippen LogP contribution in [0.2, 0.25) is 0 Å². The van der Waals surface area contributed by atoms with Crippen LogP contribution in [0.5, 0.6) is 0 Å². The summed E-state index contributed by atoms with van der Waals surface area (Å²) in [5, 5.41) is 0. The zero-order chi connectivity index (χ0) is 37.4. The van der Waals surface area contributed by atoms with Crippen molar-refractivity contribution in [3.05, 3.63) is 0 Å². The SMILES string of the molecule is CCCCCCCCCCCCCCCCCCCCCCCOCC(COP(=O)(O)OCCN)OC(=O)CCCCCCCCCCCCC. The molecular weight excluding hydrogens is 661 g/mol. The van der Waals surface area contributed by atoms with E-state index in [0.717, 1.165) is 32.1 Å². The summed E-state index contributed by atoms with van der Waals surface area (Å²) < 4.78 is 33.4. The molecule has 8 nitrogen and oxygen atoms in total. The quantitative estimate of drug-likeness (QED) is 0.0360. The molecule has 2 unspecified atom stereocenters. The van der Waals surface area contributed by atoms with Crippen LogP contribution in [0, 0.1) is 0 Å². The number of rotatable bonds is 43. The number of nitrogens with two attached hydrogens (primary N) is 1. The molecule has 0 aromatic carbocycles. The summed E-state index contributed by atoms with van der Waals surface area (Å²) in [6.07, 6.45) is 41.3. The maximum Gasteiger partial charge on any atom is 0.472 e. The van der Waals surface area contributed by atoms with E-state index in [0.29, 0.717) is 13.0 Å². The second-order valence-electron chi connectivity index (χ2n) is 14.9. The van der Waals surface area contributed by atoms with Crippen molar-refractivity contribution in [2.75, 3.05) is 33.0 Å². The molecule has 0 fully saturated rings. The molecule has 51 heavy (non-hydrogen) atoms. The molecule has 2 atom stereocenters. The van der Waals surface area contributed by atoms with Gasteiger partial charge in [-0.25, -0.2) is 4.57 Å². The maximum absolute atomic E-state index is 12.5. The molecule has 0 saturated carbocycles. The number of ether oxygens (including phenoxy) is 2. The van der Waals surface area contributed by atoms with Crippen molar-refractivity contribution in [1.29, 1.82) is 0 Å². The van der Waals surface area contributed by atoms with Gasteiger partial charge in [-0.2, -0.15) is 0 Å². The van der Waals surface area contributed by atoms with Crippen LogP contribution in [0.1, 0.15) is 226 Å². The molecule has 0 aliphatic rings. The topological polar surface area (TPSA) is 117 Å². The van der Waals surface area contributed by atoms with Gasteiger partial charge in [0.15, 0.2) is 0 Å². The largest absolute Gasteiger partial charge is 0.472 e. The molecule has 0 aromatic rings. The number of phosphoric ester groups is 1. The molecule has 0 saturated heterocycles. The summed E-state index contributed by atoms with van der Waals surface area (Å²) in [4.78, 5) is 22.4. The van der Waals surface area contributed by atoms with Crippen LogP contribution >= 0.6 is 7.82 Å². The van der Waals surface area contributed by atoms with E-state index in [1.54, 1.807) is 0 Å². The Labute approximate surface area is 316 Å². The summed E-state index contributed by atoms with van der Waals surface area (Å²) in [6, 6.07) is 0. The fourth-order valence-electron chi connectivity index (χ4n) is 6.53. The van der Waals surface area contributed by atoms with E-state index in [9.17, 15) is 14.3 Å². The number of unbranched alkanes of at least 4 members (excludes halogenated alkanes) is 30. The Morgan fingerprint density at radius 1 is 0.510 bits per heavy atom. The first-order valence-corrected chi connectivity index (χ1v) is 23.5. The highest BCUT2D eigenvalue weighted by Gasteiger charge is 2.25. The second-order valence-corrected chi connectivity index (χ2v) is 16.4. The van der Waals surface area contributed by atoms with Gasteiger partial charge in [-0.1, -0.05) is 206 Å². The van der Waals surface area contributed by atoms with Gasteiger partial charge in [-0.3, -0.25) is 13.8 Å². The molecule has 0 bridgehead atoms. The maximum atomic E-state index is 12.5. The van der Waals surface area contributed by atoms with Gasteiger partial charge in [0.25, 0.3) is 0 Å². The standard InChI is InChI=1S/C42H86NO7P/c1-3-5-7-9-11-13-15-16-17-18-19-20-21-22-23-24-26-28-30-32-34-37-47-39-41(40-49-51(45,46)48-38-36-43)50-42(44)35-33-31-29-27-25-14-12-10-8-6-4-2/h41H,3-40,43H2,1-2H3,(H,45,46). The van der Waals surface area contributed by atoms with E-state index in [1.807, 2.05) is 0 Å². The first-order chi connectivity index (χ1) is 24.9. The minimum atomic E-state index is -4.26. The summed E-state index contributed by atoms with van der Waals surface area (Å²) in [6.45, 7) is 4.97. The van der Waals surface area contributed by atoms with Crippen LogP contribution in [0.3, 0.4) is 0 Å². The Morgan fingerprint density at radius 3 is 1.24 bits per heavy atom. The molecule has 0 aliphatic heterocycles. The minimum absolute atomic E-state index is 0.0902. The monoisotopic (exact) mass is 748 g/mol. The lowest BCUT2D eigenvalue weighted by Crippen LogP contribution is -2.28. The van der Waals surface area contributed by atoms with Gasteiger partial charge < -0.3 is 20.1 Å². The molecule has 0 rings (SSSR count). The molecule has 306 valence electrons. The summed E-state index contributed by atoms with van der Waals surface area (Å²) in [5.74, 6) is -0.326. The predicted octanol–water partition coefficient (Wildman–Crippen LogP) is 12.9. The van der Waals surface area contributed by atoms with Crippen molar-refractivity contribution in [3.8, 4) is 0 Å². The zero-order valence-corrected chi connectivity index (χ0v) is 34.8. The number of hydrogen-bond donors (Lipinski definition) is 2. The van der Waals surface area contributed by atoms with Gasteiger partial charge in [-0.05, 0) is 12.8 Å². The molecular formula is C42H86NO7P. The number of carbonyl (C=O) groups excluding carboxylic acids is 1. The van der Waals surface area contributed by atoms with E-state index in [-0.39, 0.29) is 32.3 Å². The average Bonchev–Trinajstić information content (AvgIpc) is 3.12. The summed E-state index contributed by atoms with van der Waals surface area (Å²) >= 11 is 0. The number of esters is 1. The molecule has 9 heteroatoms. The third kappa shape index (κ3) is 40.5. The highest BCUT2D eigenvalue weighted by molar-refractivity contribution is 7.47. The number of hydrogen-bond acceptors (Lipinski definition) is 7. The Balaban J connectivity index is 3.89. The van der Waals surface area contributed by atoms with Crippen LogP contribution in [0.15, 0.2) is 0 Å². The molecule has 0 spiro atoms. The number of carbonyl (C=O) groups is 1. The van der Waals surface area contributed by atoms with Crippen molar-refractivity contribution < 1.29 is 32.8 Å². The van der Waals surface area contributed by atoms with E-state index in [1.165, 1.54) is 173 Å². The normalized spacial score (nSPS) is 13.4. The first kappa shape index (κ1) is 50.5. The van der Waals surface area contributed by atoms with Gasteiger partial charge in [0.2, 0.25) is 0 Å². The molecule has 0 heterocycles. The van der Waals surface area contributed by atoms with E-state index >= 15 is 0 Å². The van der Waals surface area contributed by atoms with Crippen LogP contribution in [0.4, 0.5) is 0 Å². The van der Waals surface area contributed by atoms with Crippen molar-refractivity contribution in [3.63, 3.8) is 0 Å². The Hall–Kier alpha value is -0.500. The van der Waals surface area contributed by atoms with Gasteiger partial charge >= 0.3 is 13.8 Å². The molecule has 0 amide bonds. The van der Waals surface area contributed by atoms with Gasteiger partial charge in [0.1, 0.15) is 6.10 Å². The van der Waals surface area contributed by atoms with Crippen molar-refractivity contribution in [2.24, 2.45) is 5.73 Å². The zero-order valence-electron chi connectivity index (χ0n) is 33.9. The molecule has 3 N–H and O–H groups in total. The summed E-state index contributed by atoms with van der Waals surface area (Å²) in [5.41, 5.74) is 5.36. The lowest BCUT2D eigenvalue weighted by molar-refractivity contribution is -0.154. The van der Waals surface area contributed by atoms with E-state index in [2.05, 4.69) is 13.8 Å². The number of phosphoric acid groups is 1. The highest BCUT2D eigenvalue weighted by atomic mass is 31.2. The van der Waals surface area contributed by atoms with Crippen LogP contribution < -0.4 is 5.73 Å². The molecule has 0 aromatic heterocycles. The Morgan fingerprint density at radius 2 is 0.863 bits per heavy atom. The highest BCUT2D eigenvalue weighted by Crippen LogP contribution is 2.43. The van der Waals surface area contributed by atoms with Gasteiger partial charge in [-0.15, -0.1) is 0 Å². The van der Waals surface area contributed by atoms with Crippen molar-refractivity contribution in [2.45, 2.75) is 232 Å². The first-order valence-electron chi connectivity index (χ1n) is 22.0. The van der Waals surface area contributed by atoms with Crippen LogP contribution in [-0.4, -0.2) is 49.9 Å². The van der Waals surface area contributed by atoms with Gasteiger partial charge in [0, 0.05) is 19.6 Å². The Bertz CT molecular complexity index is 757. The lowest BCUT2D eigenvalue weighted by Gasteiger charge is -2.20. The van der Waals surface area contributed by atoms with Crippen molar-refractivity contribution in [1.82, 2.24) is 0 Å².